The molecule has 23 heavy (non-hydrogen) atoms. The zero-order valence-corrected chi connectivity index (χ0v) is 14.1. The first-order valence-corrected chi connectivity index (χ1v) is 8.42. The van der Waals surface area contributed by atoms with Crippen LogP contribution >= 0.6 is 11.8 Å². The van der Waals surface area contributed by atoms with E-state index in [1.54, 1.807) is 25.1 Å². The number of ether oxygens (including phenoxy) is 2. The van der Waals surface area contributed by atoms with Crippen LogP contribution in [-0.2, 0) is 4.79 Å². The lowest BCUT2D eigenvalue weighted by Gasteiger charge is -2.18. The number of rotatable bonds is 4. The molecule has 6 nitrogen and oxygen atoms in total. The van der Waals surface area contributed by atoms with E-state index in [1.165, 1.54) is 0 Å². The third-order valence-corrected chi connectivity index (χ3v) is 4.74. The summed E-state index contributed by atoms with van der Waals surface area (Å²) >= 11 is 1.57. The lowest BCUT2D eigenvalue weighted by atomic mass is 10.1. The Hall–Kier alpha value is -2.15. The van der Waals surface area contributed by atoms with Gasteiger partial charge < -0.3 is 14.8 Å². The molecule has 0 radical (unpaired) electrons. The molecule has 1 aliphatic heterocycles. The van der Waals surface area contributed by atoms with Crippen molar-refractivity contribution in [3.63, 3.8) is 0 Å². The van der Waals surface area contributed by atoms with Crippen molar-refractivity contribution >= 4 is 23.5 Å². The fourth-order valence-electron chi connectivity index (χ4n) is 2.50. The molecule has 0 bridgehead atoms. The van der Waals surface area contributed by atoms with Gasteiger partial charge in [-0.15, -0.1) is 11.8 Å². The van der Waals surface area contributed by atoms with Gasteiger partial charge in [-0.1, -0.05) is 6.07 Å². The number of aromatic amines is 1. The third-order valence-electron chi connectivity index (χ3n) is 3.45. The number of hydrogen-bond donors (Lipinski definition) is 2. The van der Waals surface area contributed by atoms with Crippen LogP contribution in [0.5, 0.6) is 11.5 Å². The van der Waals surface area contributed by atoms with E-state index in [-0.39, 0.29) is 17.3 Å². The molecular formula is C16H19N3O3S. The Labute approximate surface area is 138 Å². The summed E-state index contributed by atoms with van der Waals surface area (Å²) in [4.78, 5) is 11.8. The summed E-state index contributed by atoms with van der Waals surface area (Å²) in [6.07, 6.45) is 1.81. The average Bonchev–Trinajstić information content (AvgIpc) is 2.89. The molecular weight excluding hydrogens is 314 g/mol. The van der Waals surface area contributed by atoms with Crippen LogP contribution in [0.4, 0.5) is 5.82 Å². The van der Waals surface area contributed by atoms with Crippen LogP contribution in [0.25, 0.3) is 0 Å². The first kappa shape index (κ1) is 15.7. The number of nitrogens with one attached hydrogen (secondary N) is 2. The molecule has 7 heteroatoms. The van der Waals surface area contributed by atoms with Gasteiger partial charge in [0.05, 0.1) is 30.4 Å². The predicted octanol–water partition coefficient (Wildman–Crippen LogP) is 2.98. The number of methoxy groups -OCH3 is 1. The van der Waals surface area contributed by atoms with Crippen LogP contribution < -0.4 is 14.8 Å². The van der Waals surface area contributed by atoms with Crippen LogP contribution in [0.15, 0.2) is 24.4 Å². The summed E-state index contributed by atoms with van der Waals surface area (Å²) in [5.41, 5.74) is 2.01. The van der Waals surface area contributed by atoms with Crippen molar-refractivity contribution in [2.75, 3.05) is 18.2 Å². The average molecular weight is 333 g/mol. The highest BCUT2D eigenvalue weighted by Gasteiger charge is 2.26. The lowest BCUT2D eigenvalue weighted by Crippen LogP contribution is -2.12. The molecule has 0 fully saturated rings. The number of anilines is 1. The van der Waals surface area contributed by atoms with E-state index in [9.17, 15) is 4.79 Å². The second-order valence-electron chi connectivity index (χ2n) is 5.52. The number of carbonyl (C=O) groups excluding carboxylic acids is 1. The van der Waals surface area contributed by atoms with Crippen molar-refractivity contribution in [3.05, 3.63) is 35.5 Å². The molecule has 1 aromatic carbocycles. The van der Waals surface area contributed by atoms with E-state index in [4.69, 9.17) is 9.47 Å². The summed E-state index contributed by atoms with van der Waals surface area (Å²) in [7, 11) is 1.62. The minimum atomic E-state index is -0.0323. The minimum absolute atomic E-state index is 0.00289. The number of aromatic nitrogens is 2. The molecule has 122 valence electrons. The molecule has 1 atom stereocenters. The van der Waals surface area contributed by atoms with Gasteiger partial charge in [0.25, 0.3) is 0 Å². The SMILES string of the molecule is COc1ccc([C@H]2SCC(=O)Nc3[nH]ncc32)cc1OC(C)C. The number of nitrogens with zero attached hydrogens (tertiary/aromatic N) is 1. The second-order valence-corrected chi connectivity index (χ2v) is 6.61. The van der Waals surface area contributed by atoms with E-state index in [1.807, 2.05) is 32.0 Å². The fourth-order valence-corrected chi connectivity index (χ4v) is 3.58. The van der Waals surface area contributed by atoms with Crippen LogP contribution in [0.1, 0.15) is 30.2 Å². The van der Waals surface area contributed by atoms with E-state index >= 15 is 0 Å². The molecule has 3 rings (SSSR count). The Morgan fingerprint density at radius 3 is 2.91 bits per heavy atom. The molecule has 2 heterocycles. The van der Waals surface area contributed by atoms with Crippen molar-refractivity contribution in [3.8, 4) is 11.5 Å². The predicted molar refractivity (Wildman–Crippen MR) is 90.3 cm³/mol. The van der Waals surface area contributed by atoms with Gasteiger partial charge in [0.1, 0.15) is 5.82 Å². The van der Waals surface area contributed by atoms with Gasteiger partial charge in [-0.25, -0.2) is 0 Å². The molecule has 0 saturated heterocycles. The summed E-state index contributed by atoms with van der Waals surface area (Å²) < 4.78 is 11.2. The highest BCUT2D eigenvalue weighted by molar-refractivity contribution is 8.00. The Balaban J connectivity index is 2.00. The summed E-state index contributed by atoms with van der Waals surface area (Å²) in [5, 5.41) is 9.74. The fraction of sp³-hybridized carbons (Fsp3) is 0.375. The van der Waals surface area contributed by atoms with E-state index in [0.29, 0.717) is 23.1 Å². The van der Waals surface area contributed by atoms with Gasteiger partial charge in [-0.3, -0.25) is 9.89 Å². The summed E-state index contributed by atoms with van der Waals surface area (Å²) in [6, 6.07) is 5.87. The first-order valence-electron chi connectivity index (χ1n) is 7.37. The number of H-pyrrole nitrogens is 1. The smallest absolute Gasteiger partial charge is 0.235 e. The Morgan fingerprint density at radius 1 is 1.35 bits per heavy atom. The Morgan fingerprint density at radius 2 is 2.17 bits per heavy atom. The monoisotopic (exact) mass is 333 g/mol. The molecule has 1 aromatic heterocycles. The maximum absolute atomic E-state index is 11.8. The van der Waals surface area contributed by atoms with Crippen LogP contribution in [0.3, 0.4) is 0 Å². The molecule has 0 unspecified atom stereocenters. The molecule has 0 spiro atoms. The maximum Gasteiger partial charge on any atom is 0.235 e. The first-order chi connectivity index (χ1) is 11.1. The number of fused-ring (bicyclic) bond motifs is 1. The number of benzene rings is 1. The Bertz CT molecular complexity index is 714. The van der Waals surface area contributed by atoms with Gasteiger partial charge in [-0.2, -0.15) is 5.10 Å². The number of amides is 1. The number of hydrogen-bond acceptors (Lipinski definition) is 5. The largest absolute Gasteiger partial charge is 0.493 e. The standard InChI is InChI=1S/C16H19N3O3S/c1-9(2)22-13-6-10(4-5-12(13)21-3)15-11-7-17-19-16(11)18-14(20)8-23-15/h4-7,9,15H,8H2,1-3H3,(H2,17,18,19,20)/t15-/m1/s1. The topological polar surface area (TPSA) is 76.2 Å². The third kappa shape index (κ3) is 3.29. The van der Waals surface area contributed by atoms with Gasteiger partial charge >= 0.3 is 0 Å². The van der Waals surface area contributed by atoms with Crippen LogP contribution in [0.2, 0.25) is 0 Å². The maximum atomic E-state index is 11.8. The zero-order valence-electron chi connectivity index (χ0n) is 13.3. The highest BCUT2D eigenvalue weighted by Crippen LogP contribution is 2.43. The second kappa shape index (κ2) is 6.54. The molecule has 1 amide bonds. The Kier molecular flexibility index (Phi) is 4.47. The van der Waals surface area contributed by atoms with Crippen LogP contribution in [-0.4, -0.2) is 35.1 Å². The number of carbonyl (C=O) groups is 1. The van der Waals surface area contributed by atoms with E-state index < -0.39 is 0 Å². The van der Waals surface area contributed by atoms with Gasteiger partial charge in [-0.05, 0) is 31.5 Å². The molecule has 2 aromatic rings. The van der Waals surface area contributed by atoms with E-state index in [0.717, 1.165) is 11.1 Å². The molecule has 0 aliphatic carbocycles. The van der Waals surface area contributed by atoms with Gasteiger partial charge in [0.2, 0.25) is 5.91 Å². The summed E-state index contributed by atoms with van der Waals surface area (Å²) in [5.74, 6) is 2.42. The molecule has 1 aliphatic rings. The van der Waals surface area contributed by atoms with Crippen LogP contribution in [0, 0.1) is 0 Å². The minimum Gasteiger partial charge on any atom is -0.493 e. The van der Waals surface area contributed by atoms with Crippen molar-refractivity contribution in [2.45, 2.75) is 25.2 Å². The zero-order chi connectivity index (χ0) is 16.4. The van der Waals surface area contributed by atoms with E-state index in [2.05, 4.69) is 15.5 Å². The van der Waals surface area contributed by atoms with Crippen molar-refractivity contribution in [2.24, 2.45) is 0 Å². The van der Waals surface area contributed by atoms with Crippen molar-refractivity contribution in [1.29, 1.82) is 0 Å². The molecule has 2 N–H and O–H groups in total. The normalized spacial score (nSPS) is 17.4. The lowest BCUT2D eigenvalue weighted by molar-refractivity contribution is -0.113. The quantitative estimate of drug-likeness (QED) is 0.899. The molecule has 0 saturated carbocycles. The highest BCUT2D eigenvalue weighted by atomic mass is 32.2. The van der Waals surface area contributed by atoms with Gasteiger partial charge in [0, 0.05) is 5.56 Å². The number of thioether (sulfide) groups is 1. The summed E-state index contributed by atoms with van der Waals surface area (Å²) in [6.45, 7) is 3.95. The van der Waals surface area contributed by atoms with Crippen molar-refractivity contribution in [1.82, 2.24) is 10.2 Å². The van der Waals surface area contributed by atoms with Crippen molar-refractivity contribution < 1.29 is 14.3 Å². The van der Waals surface area contributed by atoms with Gasteiger partial charge in [0.15, 0.2) is 11.5 Å².